The molecule has 0 aromatic heterocycles. The molecule has 1 atom stereocenters. The van der Waals surface area contributed by atoms with E-state index < -0.39 is 0 Å². The second kappa shape index (κ2) is 7.29. The van der Waals surface area contributed by atoms with Crippen LogP contribution in [0.25, 0.3) is 0 Å². The van der Waals surface area contributed by atoms with Crippen molar-refractivity contribution in [1.82, 2.24) is 4.90 Å². The normalized spacial score (nSPS) is 26.6. The molecule has 28 heavy (non-hydrogen) atoms. The van der Waals surface area contributed by atoms with Crippen LogP contribution in [0.15, 0.2) is 48.5 Å². The van der Waals surface area contributed by atoms with Crippen molar-refractivity contribution in [3.05, 3.63) is 70.8 Å². The summed E-state index contributed by atoms with van der Waals surface area (Å²) in [5.74, 6) is 0. The second-order valence-electron chi connectivity index (χ2n) is 9.05. The van der Waals surface area contributed by atoms with Gasteiger partial charge in [-0.05, 0) is 60.8 Å². The van der Waals surface area contributed by atoms with Gasteiger partial charge in [0.25, 0.3) is 0 Å². The quantitative estimate of drug-likeness (QED) is 0.803. The minimum Gasteiger partial charge on any atom is -0.365 e. The van der Waals surface area contributed by atoms with Crippen LogP contribution >= 0.6 is 0 Å². The van der Waals surface area contributed by atoms with Gasteiger partial charge in [0.15, 0.2) is 0 Å². The molecule has 2 aromatic carbocycles. The van der Waals surface area contributed by atoms with Gasteiger partial charge in [0, 0.05) is 25.2 Å². The zero-order valence-electron chi connectivity index (χ0n) is 16.8. The molecule has 0 saturated carbocycles. The number of nitrogens with zero attached hydrogens (tertiary/aromatic N) is 1. The van der Waals surface area contributed by atoms with Crippen LogP contribution in [0.4, 0.5) is 0 Å². The summed E-state index contributed by atoms with van der Waals surface area (Å²) >= 11 is 0. The predicted octanol–water partition coefficient (Wildman–Crippen LogP) is 4.48. The molecule has 1 fully saturated rings. The van der Waals surface area contributed by atoms with Gasteiger partial charge >= 0.3 is 0 Å². The highest BCUT2D eigenvalue weighted by Gasteiger charge is 2.42. The molecule has 5 rings (SSSR count). The molecule has 0 radical (unpaired) electrons. The third kappa shape index (κ3) is 3.20. The van der Waals surface area contributed by atoms with Gasteiger partial charge in [-0.1, -0.05) is 55.0 Å². The first-order chi connectivity index (χ1) is 13.7. The third-order valence-electron chi connectivity index (χ3n) is 7.42. The van der Waals surface area contributed by atoms with Crippen LogP contribution in [0.5, 0.6) is 0 Å². The summed E-state index contributed by atoms with van der Waals surface area (Å²) in [5, 5.41) is 0. The van der Waals surface area contributed by atoms with Gasteiger partial charge in [0.1, 0.15) is 0 Å². The fourth-order valence-corrected chi connectivity index (χ4v) is 5.67. The average molecular weight is 377 g/mol. The second-order valence-corrected chi connectivity index (χ2v) is 9.05. The van der Waals surface area contributed by atoms with Crippen molar-refractivity contribution in [3.63, 3.8) is 0 Å². The first kappa shape index (κ1) is 18.4. The van der Waals surface area contributed by atoms with Crippen LogP contribution in [0.1, 0.15) is 60.8 Å². The first-order valence-electron chi connectivity index (χ1n) is 11.0. The molecule has 2 aliphatic heterocycles. The number of piperidine rings is 1. The Morgan fingerprint density at radius 2 is 1.57 bits per heavy atom. The smallest absolute Gasteiger partial charge is 0.0963 e. The zero-order valence-corrected chi connectivity index (χ0v) is 16.8. The third-order valence-corrected chi connectivity index (χ3v) is 7.42. The van der Waals surface area contributed by atoms with Gasteiger partial charge in [-0.3, -0.25) is 0 Å². The van der Waals surface area contributed by atoms with Gasteiger partial charge < -0.3 is 15.4 Å². The monoisotopic (exact) mass is 376 g/mol. The van der Waals surface area contributed by atoms with Crippen LogP contribution in [-0.4, -0.2) is 24.5 Å². The van der Waals surface area contributed by atoms with Gasteiger partial charge in [-0.25, -0.2) is 0 Å². The summed E-state index contributed by atoms with van der Waals surface area (Å²) in [6, 6.07) is 17.6. The minimum atomic E-state index is -0.168. The average Bonchev–Trinajstić information content (AvgIpc) is 3.00. The summed E-state index contributed by atoms with van der Waals surface area (Å²) in [6.45, 7) is 4.07. The zero-order chi connectivity index (χ0) is 19.0. The maximum atomic E-state index is 7.02. The van der Waals surface area contributed by atoms with Crippen LogP contribution in [-0.2, 0) is 28.9 Å². The maximum absolute atomic E-state index is 7.02. The Morgan fingerprint density at radius 3 is 2.39 bits per heavy atom. The molecule has 3 nitrogen and oxygen atoms in total. The van der Waals surface area contributed by atoms with Crippen LogP contribution in [0.3, 0.4) is 0 Å². The molecule has 0 amide bonds. The van der Waals surface area contributed by atoms with Gasteiger partial charge in [0.2, 0.25) is 0 Å². The maximum Gasteiger partial charge on any atom is 0.0963 e. The van der Waals surface area contributed by atoms with E-state index in [-0.39, 0.29) is 11.1 Å². The molecule has 1 aliphatic carbocycles. The summed E-state index contributed by atoms with van der Waals surface area (Å²) in [6.07, 6.45) is 8.03. The van der Waals surface area contributed by atoms with Crippen LogP contribution < -0.4 is 5.73 Å². The summed E-state index contributed by atoms with van der Waals surface area (Å²) < 4.78 is 6.33. The molecule has 2 aromatic rings. The lowest BCUT2D eigenvalue weighted by molar-refractivity contribution is -0.0793. The Balaban J connectivity index is 1.25. The number of hydrogen-bond donors (Lipinski definition) is 1. The van der Waals surface area contributed by atoms with E-state index in [4.69, 9.17) is 10.5 Å². The van der Waals surface area contributed by atoms with Gasteiger partial charge in [-0.2, -0.15) is 0 Å². The Kier molecular flexibility index (Phi) is 4.78. The van der Waals surface area contributed by atoms with Gasteiger partial charge in [-0.15, -0.1) is 0 Å². The Labute approximate surface area is 168 Å². The van der Waals surface area contributed by atoms with Crippen molar-refractivity contribution in [2.24, 2.45) is 5.73 Å². The van der Waals surface area contributed by atoms with Crippen molar-refractivity contribution in [2.45, 2.75) is 62.7 Å². The molecule has 1 unspecified atom stereocenters. The molecule has 3 aliphatic rings. The number of ether oxygens (including phenoxy) is 1. The Hall–Kier alpha value is -1.68. The lowest BCUT2D eigenvalue weighted by Crippen LogP contribution is -2.46. The van der Waals surface area contributed by atoms with E-state index in [1.165, 1.54) is 41.5 Å². The Bertz CT molecular complexity index is 840. The van der Waals surface area contributed by atoms with E-state index in [0.717, 1.165) is 51.9 Å². The molecule has 148 valence electrons. The summed E-state index contributed by atoms with van der Waals surface area (Å²) in [7, 11) is 0. The Morgan fingerprint density at radius 1 is 0.857 bits per heavy atom. The lowest BCUT2D eigenvalue weighted by Gasteiger charge is -2.41. The predicted molar refractivity (Wildman–Crippen MR) is 113 cm³/mol. The van der Waals surface area contributed by atoms with E-state index >= 15 is 0 Å². The molecule has 3 heteroatoms. The first-order valence-corrected chi connectivity index (χ1v) is 11.0. The number of aryl methyl sites for hydroxylation is 1. The summed E-state index contributed by atoms with van der Waals surface area (Å²) in [5.41, 5.74) is 12.5. The van der Waals surface area contributed by atoms with E-state index in [2.05, 4.69) is 53.4 Å². The number of benzene rings is 2. The number of hydrogen-bond acceptors (Lipinski definition) is 3. The highest BCUT2D eigenvalue weighted by molar-refractivity contribution is 5.36. The number of rotatable bonds is 3. The molecular formula is C25H32N2O. The lowest BCUT2D eigenvalue weighted by atomic mass is 9.81. The minimum absolute atomic E-state index is 0.0393. The molecule has 1 spiro atoms. The number of nitrogens with two attached hydrogens (primary N) is 1. The molecule has 1 saturated heterocycles. The fourth-order valence-electron chi connectivity index (χ4n) is 5.67. The molecule has 2 N–H and O–H groups in total. The standard InChI is InChI=1S/C25H32N2O/c26-24(12-6-5-8-20-7-1-3-10-22(20)24)13-16-27-17-14-25(15-18-27)23-11-4-2-9-21(23)19-28-25/h1-4,7,9-11H,5-6,8,12-19,26H2. The van der Waals surface area contributed by atoms with Gasteiger partial charge in [0.05, 0.1) is 12.2 Å². The van der Waals surface area contributed by atoms with E-state index in [1.807, 2.05) is 0 Å². The van der Waals surface area contributed by atoms with E-state index in [0.29, 0.717) is 0 Å². The highest BCUT2D eigenvalue weighted by atomic mass is 16.5. The molecule has 0 bridgehead atoms. The highest BCUT2D eigenvalue weighted by Crippen LogP contribution is 2.44. The largest absolute Gasteiger partial charge is 0.365 e. The number of fused-ring (bicyclic) bond motifs is 3. The van der Waals surface area contributed by atoms with Crippen molar-refractivity contribution in [1.29, 1.82) is 0 Å². The number of likely N-dealkylation sites (tertiary alicyclic amines) is 1. The fraction of sp³-hybridized carbons (Fsp3) is 0.520. The van der Waals surface area contributed by atoms with Crippen molar-refractivity contribution in [2.75, 3.05) is 19.6 Å². The SMILES string of the molecule is NC1(CCN2CCC3(CC2)OCc2ccccc23)CCCCc2ccccc21. The molecule has 2 heterocycles. The molecular weight excluding hydrogens is 344 g/mol. The topological polar surface area (TPSA) is 38.5 Å². The van der Waals surface area contributed by atoms with Crippen LogP contribution in [0, 0.1) is 0 Å². The van der Waals surface area contributed by atoms with Crippen molar-refractivity contribution >= 4 is 0 Å². The van der Waals surface area contributed by atoms with Crippen LogP contribution in [0.2, 0.25) is 0 Å². The van der Waals surface area contributed by atoms with Crippen molar-refractivity contribution < 1.29 is 4.74 Å². The van der Waals surface area contributed by atoms with E-state index in [9.17, 15) is 0 Å². The van der Waals surface area contributed by atoms with Crippen molar-refractivity contribution in [3.8, 4) is 0 Å². The van der Waals surface area contributed by atoms with E-state index in [1.54, 1.807) is 0 Å². The summed E-state index contributed by atoms with van der Waals surface area (Å²) in [4.78, 5) is 2.61.